The minimum atomic E-state index is 0.834. The van der Waals surface area contributed by atoms with Crippen LogP contribution in [0.25, 0.3) is 0 Å². The maximum atomic E-state index is 5.73. The average molecular weight is 230 g/mol. The third-order valence-electron chi connectivity index (χ3n) is 2.79. The Labute approximate surface area is 104 Å². The molecule has 4 N–H and O–H groups in total. The van der Waals surface area contributed by atoms with Crippen molar-refractivity contribution in [3.8, 4) is 0 Å². The molecule has 0 aliphatic carbocycles. The van der Waals surface area contributed by atoms with Gasteiger partial charge < -0.3 is 11.5 Å². The van der Waals surface area contributed by atoms with E-state index in [9.17, 15) is 0 Å². The predicted molar refractivity (Wildman–Crippen MR) is 75.6 cm³/mol. The number of anilines is 1. The zero-order valence-corrected chi connectivity index (χ0v) is 11.0. The summed E-state index contributed by atoms with van der Waals surface area (Å²) in [6.07, 6.45) is 6.13. The molecule has 92 valence electrons. The van der Waals surface area contributed by atoms with Crippen molar-refractivity contribution in [2.24, 2.45) is 5.73 Å². The Balaban J connectivity index is 2.62. The van der Waals surface area contributed by atoms with Crippen LogP contribution in [0.3, 0.4) is 0 Å². The van der Waals surface area contributed by atoms with Gasteiger partial charge in [-0.2, -0.15) is 0 Å². The summed E-state index contributed by atoms with van der Waals surface area (Å²) in [6.45, 7) is 6.13. The summed E-state index contributed by atoms with van der Waals surface area (Å²) in [7, 11) is 0. The maximum Gasteiger partial charge on any atom is 0.0316 e. The first-order valence-corrected chi connectivity index (χ1v) is 5.93. The Morgan fingerprint density at radius 1 is 1.24 bits per heavy atom. The summed E-state index contributed by atoms with van der Waals surface area (Å²) in [5.74, 6) is 0. The lowest BCUT2D eigenvalue weighted by molar-refractivity contribution is 0.931. The first-order valence-electron chi connectivity index (χ1n) is 5.93. The van der Waals surface area contributed by atoms with Gasteiger partial charge in [0.05, 0.1) is 0 Å². The van der Waals surface area contributed by atoms with Crippen LogP contribution in [0.2, 0.25) is 0 Å². The van der Waals surface area contributed by atoms with Crippen molar-refractivity contribution in [3.63, 3.8) is 0 Å². The van der Waals surface area contributed by atoms with Crippen LogP contribution >= 0.6 is 0 Å². The van der Waals surface area contributed by atoms with Gasteiger partial charge >= 0.3 is 0 Å². The van der Waals surface area contributed by atoms with E-state index < -0.39 is 0 Å². The normalized spacial score (nSPS) is 12.9. The monoisotopic (exact) mass is 230 g/mol. The third-order valence-corrected chi connectivity index (χ3v) is 2.79. The van der Waals surface area contributed by atoms with E-state index in [1.807, 2.05) is 25.1 Å². The lowest BCUT2D eigenvalue weighted by Gasteiger charge is -2.06. The van der Waals surface area contributed by atoms with E-state index >= 15 is 0 Å². The number of aryl methyl sites for hydroxylation is 2. The number of nitrogen functional groups attached to an aromatic ring is 1. The molecule has 0 bridgehead atoms. The largest absolute Gasteiger partial charge is 0.402 e. The molecule has 0 aromatic heterocycles. The lowest BCUT2D eigenvalue weighted by Crippen LogP contribution is -1.93. The molecular weight excluding hydrogens is 208 g/mol. The fourth-order valence-electron chi connectivity index (χ4n) is 1.69. The molecule has 1 rings (SSSR count). The second-order valence-corrected chi connectivity index (χ2v) is 4.61. The number of benzene rings is 1. The van der Waals surface area contributed by atoms with E-state index in [4.69, 9.17) is 11.5 Å². The highest BCUT2D eigenvalue weighted by Crippen LogP contribution is 2.16. The van der Waals surface area contributed by atoms with Gasteiger partial charge in [-0.3, -0.25) is 0 Å². The first-order chi connectivity index (χ1) is 7.99. The number of hydrogen-bond acceptors (Lipinski definition) is 2. The minimum absolute atomic E-state index is 0.834. The van der Waals surface area contributed by atoms with Crippen LogP contribution in [-0.4, -0.2) is 0 Å². The molecule has 0 aliphatic heterocycles. The Morgan fingerprint density at radius 3 is 2.53 bits per heavy atom. The maximum absolute atomic E-state index is 5.73. The SMILES string of the molecule is C/C(N)=C\C=C(/C)CCc1ccc(N)cc1C. The zero-order valence-electron chi connectivity index (χ0n) is 11.0. The van der Waals surface area contributed by atoms with Gasteiger partial charge in [-0.25, -0.2) is 0 Å². The van der Waals surface area contributed by atoms with E-state index in [0.29, 0.717) is 0 Å². The van der Waals surface area contributed by atoms with Crippen LogP contribution in [0.15, 0.2) is 41.6 Å². The molecular formula is C15H22N2. The summed E-state index contributed by atoms with van der Waals surface area (Å²) in [5.41, 5.74) is 17.0. The van der Waals surface area contributed by atoms with Crippen molar-refractivity contribution < 1.29 is 0 Å². The summed E-state index contributed by atoms with van der Waals surface area (Å²) in [5, 5.41) is 0. The smallest absolute Gasteiger partial charge is 0.0316 e. The molecule has 0 amide bonds. The van der Waals surface area contributed by atoms with Crippen LogP contribution in [0.5, 0.6) is 0 Å². The molecule has 0 saturated carbocycles. The van der Waals surface area contributed by atoms with Crippen molar-refractivity contribution in [3.05, 3.63) is 52.7 Å². The molecule has 0 fully saturated rings. The van der Waals surface area contributed by atoms with Crippen molar-refractivity contribution in [1.29, 1.82) is 0 Å². The topological polar surface area (TPSA) is 52.0 Å². The van der Waals surface area contributed by atoms with E-state index in [2.05, 4.69) is 26.0 Å². The minimum Gasteiger partial charge on any atom is -0.402 e. The van der Waals surface area contributed by atoms with Gasteiger partial charge in [0.2, 0.25) is 0 Å². The molecule has 1 aromatic carbocycles. The first kappa shape index (κ1) is 13.4. The van der Waals surface area contributed by atoms with Crippen LogP contribution in [0, 0.1) is 6.92 Å². The number of hydrogen-bond donors (Lipinski definition) is 2. The summed E-state index contributed by atoms with van der Waals surface area (Å²) >= 11 is 0. The molecule has 0 unspecified atom stereocenters. The lowest BCUT2D eigenvalue weighted by atomic mass is 10.0. The molecule has 17 heavy (non-hydrogen) atoms. The highest BCUT2D eigenvalue weighted by Gasteiger charge is 1.99. The second kappa shape index (κ2) is 6.14. The van der Waals surface area contributed by atoms with Crippen LogP contribution < -0.4 is 11.5 Å². The molecule has 0 radical (unpaired) electrons. The Hall–Kier alpha value is -1.70. The van der Waals surface area contributed by atoms with Crippen LogP contribution in [-0.2, 0) is 6.42 Å². The Kier molecular flexibility index (Phi) is 4.83. The molecule has 0 spiro atoms. The fourth-order valence-corrected chi connectivity index (χ4v) is 1.69. The van der Waals surface area contributed by atoms with Gasteiger partial charge in [0.25, 0.3) is 0 Å². The quantitative estimate of drug-likeness (QED) is 0.616. The molecule has 2 nitrogen and oxygen atoms in total. The van der Waals surface area contributed by atoms with Crippen LogP contribution in [0.1, 0.15) is 31.4 Å². The number of allylic oxidation sites excluding steroid dienone is 4. The molecule has 0 heterocycles. The molecule has 0 saturated heterocycles. The van der Waals surface area contributed by atoms with Crippen molar-refractivity contribution in [1.82, 2.24) is 0 Å². The highest BCUT2D eigenvalue weighted by atomic mass is 14.5. The number of nitrogens with two attached hydrogens (primary N) is 2. The van der Waals surface area contributed by atoms with Gasteiger partial charge in [-0.1, -0.05) is 17.7 Å². The summed E-state index contributed by atoms with van der Waals surface area (Å²) in [6, 6.07) is 6.10. The van der Waals surface area contributed by atoms with Crippen molar-refractivity contribution in [2.45, 2.75) is 33.6 Å². The van der Waals surface area contributed by atoms with E-state index in [0.717, 1.165) is 24.2 Å². The molecule has 0 aliphatic rings. The van der Waals surface area contributed by atoms with Crippen molar-refractivity contribution in [2.75, 3.05) is 5.73 Å². The van der Waals surface area contributed by atoms with Gasteiger partial charge in [0.15, 0.2) is 0 Å². The fraction of sp³-hybridized carbons (Fsp3) is 0.333. The van der Waals surface area contributed by atoms with Crippen LogP contribution in [0.4, 0.5) is 5.69 Å². The van der Waals surface area contributed by atoms with E-state index in [-0.39, 0.29) is 0 Å². The van der Waals surface area contributed by atoms with Gasteiger partial charge in [0, 0.05) is 11.4 Å². The summed E-state index contributed by atoms with van der Waals surface area (Å²) < 4.78 is 0. The van der Waals surface area contributed by atoms with Gasteiger partial charge in [-0.05, 0) is 62.9 Å². The average Bonchev–Trinajstić information content (AvgIpc) is 2.25. The highest BCUT2D eigenvalue weighted by molar-refractivity contribution is 5.44. The summed E-state index contributed by atoms with van der Waals surface area (Å²) in [4.78, 5) is 0. The zero-order chi connectivity index (χ0) is 12.8. The number of rotatable bonds is 4. The third kappa shape index (κ3) is 4.77. The molecule has 0 atom stereocenters. The van der Waals surface area contributed by atoms with Gasteiger partial charge in [-0.15, -0.1) is 0 Å². The molecule has 2 heteroatoms. The van der Waals surface area contributed by atoms with Gasteiger partial charge in [0.1, 0.15) is 0 Å². The Morgan fingerprint density at radius 2 is 1.94 bits per heavy atom. The standard InChI is InChI=1S/C15H22N2/c1-11(4-6-13(3)16)5-7-14-8-9-15(17)10-12(14)2/h4,6,8-10H,5,7,16-17H2,1-3H3/b11-4+,13-6+. The second-order valence-electron chi connectivity index (χ2n) is 4.61. The van der Waals surface area contributed by atoms with E-state index in [1.54, 1.807) is 0 Å². The van der Waals surface area contributed by atoms with E-state index in [1.165, 1.54) is 16.7 Å². The Bertz CT molecular complexity index is 438. The molecule has 1 aromatic rings. The predicted octanol–water partition coefficient (Wildman–Crippen LogP) is 3.32. The van der Waals surface area contributed by atoms with Crippen molar-refractivity contribution >= 4 is 5.69 Å².